The van der Waals surface area contributed by atoms with E-state index in [-0.39, 0.29) is 10.7 Å². The van der Waals surface area contributed by atoms with Crippen LogP contribution in [0.4, 0.5) is 4.39 Å². The minimum absolute atomic E-state index is 0.230. The van der Waals surface area contributed by atoms with E-state index in [1.54, 1.807) is 54.6 Å². The maximum atomic E-state index is 13.5. The summed E-state index contributed by atoms with van der Waals surface area (Å²) in [6.07, 6.45) is 0.741. The van der Waals surface area contributed by atoms with Crippen molar-refractivity contribution in [3.05, 3.63) is 87.6 Å². The molecular weight excluding hydrogens is 504 g/mol. The number of benzene rings is 3. The van der Waals surface area contributed by atoms with Crippen molar-refractivity contribution in [2.45, 2.75) is 17.9 Å². The fraction of sp³-hybridized carbons (Fsp3) is 0.125. The van der Waals surface area contributed by atoms with Crippen LogP contribution in [-0.4, -0.2) is 19.7 Å². The highest BCUT2D eigenvalue weighted by Gasteiger charge is 2.20. The van der Waals surface area contributed by atoms with Gasteiger partial charge in [0, 0.05) is 21.9 Å². The second kappa shape index (κ2) is 9.43. The van der Waals surface area contributed by atoms with Crippen LogP contribution in [0.1, 0.15) is 18.0 Å². The number of aromatic nitrogens is 1. The third-order valence-corrected chi connectivity index (χ3v) is 7.63. The first-order valence-electron chi connectivity index (χ1n) is 9.80. The number of ether oxygens (including phenoxy) is 1. The van der Waals surface area contributed by atoms with Crippen molar-refractivity contribution in [1.29, 1.82) is 0 Å². The van der Waals surface area contributed by atoms with Crippen molar-refractivity contribution in [3.8, 4) is 27.4 Å². The number of halogens is 3. The summed E-state index contributed by atoms with van der Waals surface area (Å²) in [4.78, 5) is 5.83. The van der Waals surface area contributed by atoms with Gasteiger partial charge in [0.05, 0.1) is 15.5 Å². The molecule has 170 valence electrons. The molecule has 4 rings (SSSR count). The van der Waals surface area contributed by atoms with E-state index in [2.05, 4.69) is 0 Å². The highest BCUT2D eigenvalue weighted by molar-refractivity contribution is 7.90. The highest BCUT2D eigenvalue weighted by atomic mass is 35.5. The van der Waals surface area contributed by atoms with Gasteiger partial charge < -0.3 is 4.74 Å². The van der Waals surface area contributed by atoms with Crippen LogP contribution >= 0.6 is 34.5 Å². The normalized spacial score (nSPS) is 12.5. The molecule has 0 aliphatic heterocycles. The molecule has 0 spiro atoms. The lowest BCUT2D eigenvalue weighted by Gasteiger charge is -2.12. The summed E-state index contributed by atoms with van der Waals surface area (Å²) < 4.78 is 43.2. The van der Waals surface area contributed by atoms with Gasteiger partial charge in [-0.1, -0.05) is 35.3 Å². The van der Waals surface area contributed by atoms with E-state index >= 15 is 0 Å². The van der Waals surface area contributed by atoms with Crippen LogP contribution in [0.25, 0.3) is 21.7 Å². The Kier molecular flexibility index (Phi) is 6.77. The zero-order valence-corrected chi connectivity index (χ0v) is 20.7. The smallest absolute Gasteiger partial charge is 0.175 e. The SMILES string of the molecule is CC(Oc1cc(Cl)cc(Cl)c1)c1nc(-c2ccc(F)cc2)c(-c2ccc(S(C)(=O)=O)cc2)s1. The minimum atomic E-state index is -3.31. The average molecular weight is 522 g/mol. The number of nitrogens with zero attached hydrogens (tertiary/aromatic N) is 1. The molecule has 0 saturated heterocycles. The molecule has 0 aliphatic rings. The summed E-state index contributed by atoms with van der Waals surface area (Å²) in [5, 5.41) is 1.61. The summed E-state index contributed by atoms with van der Waals surface area (Å²) in [6, 6.07) is 17.6. The summed E-state index contributed by atoms with van der Waals surface area (Å²) in [5.41, 5.74) is 2.18. The van der Waals surface area contributed by atoms with E-state index < -0.39 is 15.9 Å². The van der Waals surface area contributed by atoms with E-state index in [1.807, 2.05) is 6.92 Å². The molecule has 3 aromatic carbocycles. The van der Waals surface area contributed by atoms with Crippen molar-refractivity contribution in [3.63, 3.8) is 0 Å². The van der Waals surface area contributed by atoms with Crippen LogP contribution in [0.15, 0.2) is 71.6 Å². The van der Waals surface area contributed by atoms with Crippen LogP contribution in [0.2, 0.25) is 10.0 Å². The van der Waals surface area contributed by atoms with E-state index in [4.69, 9.17) is 32.9 Å². The molecular formula is C24H18Cl2FNO3S2. The fourth-order valence-electron chi connectivity index (χ4n) is 3.21. The zero-order valence-electron chi connectivity index (χ0n) is 17.6. The Hall–Kier alpha value is -2.45. The van der Waals surface area contributed by atoms with Gasteiger partial charge in [0.15, 0.2) is 9.84 Å². The van der Waals surface area contributed by atoms with E-state index in [9.17, 15) is 12.8 Å². The summed E-state index contributed by atoms with van der Waals surface area (Å²) in [6.45, 7) is 1.86. The van der Waals surface area contributed by atoms with Crippen LogP contribution in [0.5, 0.6) is 5.75 Å². The van der Waals surface area contributed by atoms with Crippen molar-refractivity contribution in [2.75, 3.05) is 6.26 Å². The van der Waals surface area contributed by atoms with Gasteiger partial charge in [-0.05, 0) is 67.1 Å². The van der Waals surface area contributed by atoms with E-state index in [0.717, 1.165) is 22.3 Å². The first kappa shape index (κ1) is 23.7. The number of sulfone groups is 1. The number of hydrogen-bond donors (Lipinski definition) is 0. The Balaban J connectivity index is 1.75. The first-order valence-corrected chi connectivity index (χ1v) is 13.3. The van der Waals surface area contributed by atoms with Gasteiger partial charge in [-0.15, -0.1) is 11.3 Å². The lowest BCUT2D eigenvalue weighted by Crippen LogP contribution is -2.02. The van der Waals surface area contributed by atoms with Crippen molar-refractivity contribution >= 4 is 44.4 Å². The predicted molar refractivity (Wildman–Crippen MR) is 132 cm³/mol. The molecule has 0 saturated carbocycles. The standard InChI is InChI=1S/C24H18Cl2FNO3S2/c1-14(31-20-12-17(25)11-18(26)13-20)24-28-22(15-3-7-19(27)8-4-15)23(32-24)16-5-9-21(10-6-16)33(2,29)30/h3-14H,1-2H3. The number of hydrogen-bond acceptors (Lipinski definition) is 5. The Morgan fingerprint density at radius 1 is 0.939 bits per heavy atom. The van der Waals surface area contributed by atoms with Gasteiger partial charge in [-0.3, -0.25) is 0 Å². The Labute approximate surface area is 205 Å². The Morgan fingerprint density at radius 3 is 2.09 bits per heavy atom. The van der Waals surface area contributed by atoms with Gasteiger partial charge >= 0.3 is 0 Å². The maximum absolute atomic E-state index is 13.5. The van der Waals surface area contributed by atoms with Gasteiger partial charge in [0.1, 0.15) is 22.7 Å². The second-order valence-corrected chi connectivity index (χ2v) is 11.3. The molecule has 4 nitrogen and oxygen atoms in total. The third-order valence-electron chi connectivity index (χ3n) is 4.80. The molecule has 0 radical (unpaired) electrons. The van der Waals surface area contributed by atoms with Gasteiger partial charge in [0.2, 0.25) is 0 Å². The molecule has 1 unspecified atom stereocenters. The third kappa shape index (κ3) is 5.55. The second-order valence-electron chi connectivity index (χ2n) is 7.40. The van der Waals surface area contributed by atoms with Gasteiger partial charge in [0.25, 0.3) is 0 Å². The number of thiazole rings is 1. The zero-order chi connectivity index (χ0) is 23.8. The lowest BCUT2D eigenvalue weighted by atomic mass is 10.1. The summed E-state index contributed by atoms with van der Waals surface area (Å²) in [7, 11) is -3.31. The molecule has 0 fully saturated rings. The fourth-order valence-corrected chi connectivity index (χ4v) is 5.42. The van der Waals surface area contributed by atoms with Crippen LogP contribution in [0.3, 0.4) is 0 Å². The minimum Gasteiger partial charge on any atom is -0.483 e. The molecule has 9 heteroatoms. The first-order chi connectivity index (χ1) is 15.6. The molecule has 1 atom stereocenters. The van der Waals surface area contributed by atoms with Crippen LogP contribution in [-0.2, 0) is 9.84 Å². The summed E-state index contributed by atoms with van der Waals surface area (Å²) >= 11 is 13.6. The van der Waals surface area contributed by atoms with Crippen LogP contribution < -0.4 is 4.74 Å². The topological polar surface area (TPSA) is 56.3 Å². The molecule has 1 aromatic heterocycles. The molecule has 0 N–H and O–H groups in total. The monoisotopic (exact) mass is 521 g/mol. The Bertz CT molecular complexity index is 1380. The van der Waals surface area contributed by atoms with E-state index in [0.29, 0.717) is 26.5 Å². The molecule has 0 aliphatic carbocycles. The van der Waals surface area contributed by atoms with Gasteiger partial charge in [-0.25, -0.2) is 17.8 Å². The summed E-state index contributed by atoms with van der Waals surface area (Å²) in [5.74, 6) is 0.167. The average Bonchev–Trinajstić information content (AvgIpc) is 3.19. The van der Waals surface area contributed by atoms with Crippen molar-refractivity contribution < 1.29 is 17.5 Å². The molecule has 4 aromatic rings. The van der Waals surface area contributed by atoms with Crippen LogP contribution in [0, 0.1) is 5.82 Å². The maximum Gasteiger partial charge on any atom is 0.175 e. The largest absolute Gasteiger partial charge is 0.483 e. The molecule has 33 heavy (non-hydrogen) atoms. The predicted octanol–water partition coefficient (Wildman–Crippen LogP) is 7.47. The number of rotatable bonds is 6. The van der Waals surface area contributed by atoms with E-state index in [1.165, 1.54) is 23.5 Å². The molecule has 0 amide bonds. The Morgan fingerprint density at radius 2 is 1.52 bits per heavy atom. The molecule has 1 heterocycles. The highest BCUT2D eigenvalue weighted by Crippen LogP contribution is 2.40. The van der Waals surface area contributed by atoms with Crippen molar-refractivity contribution in [2.24, 2.45) is 0 Å². The molecule has 0 bridgehead atoms. The van der Waals surface area contributed by atoms with Gasteiger partial charge in [-0.2, -0.15) is 0 Å². The van der Waals surface area contributed by atoms with Crippen molar-refractivity contribution in [1.82, 2.24) is 4.98 Å². The lowest BCUT2D eigenvalue weighted by molar-refractivity contribution is 0.226. The quantitative estimate of drug-likeness (QED) is 0.264.